The fraction of sp³-hybridized carbons (Fsp3) is 0.462. The molecule has 98 valence electrons. The summed E-state index contributed by atoms with van der Waals surface area (Å²) in [5, 5.41) is 12.3. The number of nitrogens with one attached hydrogen (secondary N) is 1. The summed E-state index contributed by atoms with van der Waals surface area (Å²) >= 11 is 0. The van der Waals surface area contributed by atoms with Crippen molar-refractivity contribution in [3.8, 4) is 0 Å². The van der Waals surface area contributed by atoms with Crippen LogP contribution in [0.3, 0.4) is 0 Å². The van der Waals surface area contributed by atoms with Gasteiger partial charge in [0.25, 0.3) is 0 Å². The largest absolute Gasteiger partial charge is 0.478 e. The Morgan fingerprint density at radius 1 is 1.50 bits per heavy atom. The van der Waals surface area contributed by atoms with E-state index < -0.39 is 5.97 Å². The third-order valence-electron chi connectivity index (χ3n) is 3.10. The van der Waals surface area contributed by atoms with Gasteiger partial charge in [-0.3, -0.25) is 0 Å². The molecule has 0 bridgehead atoms. The van der Waals surface area contributed by atoms with Gasteiger partial charge < -0.3 is 20.2 Å². The predicted octanol–water partition coefficient (Wildman–Crippen LogP) is 1.18. The maximum atomic E-state index is 11.0. The molecule has 2 rings (SSSR count). The molecule has 2 N–H and O–H groups in total. The third kappa shape index (κ3) is 2.73. The number of carboxylic acids is 1. The predicted molar refractivity (Wildman–Crippen MR) is 72.7 cm³/mol. The van der Waals surface area contributed by atoms with Gasteiger partial charge in [-0.1, -0.05) is 0 Å². The fourth-order valence-electron chi connectivity index (χ4n) is 2.07. The zero-order valence-corrected chi connectivity index (χ0v) is 10.8. The highest BCUT2D eigenvalue weighted by Crippen LogP contribution is 2.29. The Morgan fingerprint density at radius 3 is 2.94 bits per heavy atom. The lowest BCUT2D eigenvalue weighted by Crippen LogP contribution is -2.38. The molecule has 0 unspecified atom stereocenters. The monoisotopic (exact) mass is 249 g/mol. The number of hydrogen-bond donors (Lipinski definition) is 2. The molecule has 0 saturated heterocycles. The van der Waals surface area contributed by atoms with E-state index in [0.717, 1.165) is 37.6 Å². The first-order chi connectivity index (χ1) is 8.58. The SMILES string of the molecule is CN(C)CCN1CCNc2ccc(C(=O)O)cc21. The lowest BCUT2D eigenvalue weighted by molar-refractivity contribution is 0.0697. The van der Waals surface area contributed by atoms with Gasteiger partial charge in [0.2, 0.25) is 0 Å². The summed E-state index contributed by atoms with van der Waals surface area (Å²) < 4.78 is 0. The first-order valence-electron chi connectivity index (χ1n) is 6.09. The summed E-state index contributed by atoms with van der Waals surface area (Å²) in [5.74, 6) is -0.879. The van der Waals surface area contributed by atoms with E-state index in [1.807, 2.05) is 20.2 Å². The number of aromatic carboxylic acids is 1. The average molecular weight is 249 g/mol. The molecular formula is C13H19N3O2. The summed E-state index contributed by atoms with van der Waals surface area (Å²) in [7, 11) is 4.08. The van der Waals surface area contributed by atoms with Gasteiger partial charge in [-0.2, -0.15) is 0 Å². The van der Waals surface area contributed by atoms with Crippen molar-refractivity contribution in [2.45, 2.75) is 0 Å². The highest BCUT2D eigenvalue weighted by atomic mass is 16.4. The number of likely N-dealkylation sites (N-methyl/N-ethyl adjacent to an activating group) is 1. The Balaban J connectivity index is 2.23. The van der Waals surface area contributed by atoms with Crippen LogP contribution in [-0.4, -0.2) is 56.3 Å². The van der Waals surface area contributed by atoms with Crippen LogP contribution in [0, 0.1) is 0 Å². The van der Waals surface area contributed by atoms with Gasteiger partial charge in [-0.05, 0) is 32.3 Å². The van der Waals surface area contributed by atoms with E-state index in [-0.39, 0.29) is 0 Å². The maximum absolute atomic E-state index is 11.0. The van der Waals surface area contributed by atoms with Crippen LogP contribution in [0.15, 0.2) is 18.2 Å². The Labute approximate surface area is 107 Å². The van der Waals surface area contributed by atoms with E-state index in [1.54, 1.807) is 12.1 Å². The molecule has 0 fully saturated rings. The molecule has 1 aliphatic heterocycles. The first-order valence-corrected chi connectivity index (χ1v) is 6.09. The van der Waals surface area contributed by atoms with Crippen molar-refractivity contribution < 1.29 is 9.90 Å². The average Bonchev–Trinajstić information content (AvgIpc) is 2.35. The summed E-state index contributed by atoms with van der Waals surface area (Å²) in [5.41, 5.74) is 2.35. The van der Waals surface area contributed by atoms with Gasteiger partial charge in [-0.25, -0.2) is 4.79 Å². The van der Waals surface area contributed by atoms with E-state index in [1.165, 1.54) is 0 Å². The van der Waals surface area contributed by atoms with E-state index in [4.69, 9.17) is 5.11 Å². The second kappa shape index (κ2) is 5.27. The molecule has 5 heteroatoms. The normalized spacial score (nSPS) is 14.3. The minimum atomic E-state index is -0.879. The zero-order chi connectivity index (χ0) is 13.1. The summed E-state index contributed by atoms with van der Waals surface area (Å²) in [6, 6.07) is 5.24. The number of carboxylic acid groups (broad SMARTS) is 1. The van der Waals surface area contributed by atoms with E-state index in [2.05, 4.69) is 15.1 Å². The van der Waals surface area contributed by atoms with E-state index in [0.29, 0.717) is 5.56 Å². The molecule has 0 saturated carbocycles. The van der Waals surface area contributed by atoms with Gasteiger partial charge >= 0.3 is 5.97 Å². The van der Waals surface area contributed by atoms with Crippen LogP contribution in [0.2, 0.25) is 0 Å². The molecule has 1 aromatic carbocycles. The van der Waals surface area contributed by atoms with Gasteiger partial charge in [0.15, 0.2) is 0 Å². The highest BCUT2D eigenvalue weighted by Gasteiger charge is 2.18. The number of fused-ring (bicyclic) bond motifs is 1. The Hall–Kier alpha value is -1.75. The molecule has 0 aliphatic carbocycles. The van der Waals surface area contributed by atoms with Crippen molar-refractivity contribution in [1.29, 1.82) is 0 Å². The summed E-state index contributed by atoms with van der Waals surface area (Å²) in [6.45, 7) is 3.66. The van der Waals surface area contributed by atoms with Crippen LogP contribution in [0.1, 0.15) is 10.4 Å². The minimum Gasteiger partial charge on any atom is -0.478 e. The molecular weight excluding hydrogens is 230 g/mol. The molecule has 0 amide bonds. The van der Waals surface area contributed by atoms with Crippen LogP contribution in [0.4, 0.5) is 11.4 Å². The molecule has 0 spiro atoms. The smallest absolute Gasteiger partial charge is 0.335 e. The zero-order valence-electron chi connectivity index (χ0n) is 10.8. The first kappa shape index (κ1) is 12.7. The Morgan fingerprint density at radius 2 is 2.28 bits per heavy atom. The van der Waals surface area contributed by atoms with Crippen LogP contribution in [0.5, 0.6) is 0 Å². The topological polar surface area (TPSA) is 55.8 Å². The fourth-order valence-corrected chi connectivity index (χ4v) is 2.07. The van der Waals surface area contributed by atoms with Crippen molar-refractivity contribution in [2.24, 2.45) is 0 Å². The quantitative estimate of drug-likeness (QED) is 0.839. The maximum Gasteiger partial charge on any atom is 0.335 e. The van der Waals surface area contributed by atoms with Crippen molar-refractivity contribution in [3.05, 3.63) is 23.8 Å². The van der Waals surface area contributed by atoms with Crippen molar-refractivity contribution in [1.82, 2.24) is 4.90 Å². The Bertz CT molecular complexity index is 446. The molecule has 0 atom stereocenters. The van der Waals surface area contributed by atoms with Gasteiger partial charge in [0.1, 0.15) is 0 Å². The highest BCUT2D eigenvalue weighted by molar-refractivity contribution is 5.91. The molecule has 0 aromatic heterocycles. The third-order valence-corrected chi connectivity index (χ3v) is 3.10. The second-order valence-electron chi connectivity index (χ2n) is 4.75. The van der Waals surface area contributed by atoms with Gasteiger partial charge in [-0.15, -0.1) is 0 Å². The number of anilines is 2. The lowest BCUT2D eigenvalue weighted by atomic mass is 10.1. The number of hydrogen-bond acceptors (Lipinski definition) is 4. The number of rotatable bonds is 4. The van der Waals surface area contributed by atoms with Crippen LogP contribution in [-0.2, 0) is 0 Å². The molecule has 5 nitrogen and oxygen atoms in total. The van der Waals surface area contributed by atoms with Crippen LogP contribution >= 0.6 is 0 Å². The minimum absolute atomic E-state index is 0.340. The number of carbonyl (C=O) groups is 1. The van der Waals surface area contributed by atoms with E-state index >= 15 is 0 Å². The molecule has 1 aliphatic rings. The lowest BCUT2D eigenvalue weighted by Gasteiger charge is -2.33. The molecule has 1 aromatic rings. The summed E-state index contributed by atoms with van der Waals surface area (Å²) in [6.07, 6.45) is 0. The number of nitrogens with zero attached hydrogens (tertiary/aromatic N) is 2. The van der Waals surface area contributed by atoms with Crippen LogP contribution < -0.4 is 10.2 Å². The molecule has 1 heterocycles. The van der Waals surface area contributed by atoms with Gasteiger partial charge in [0.05, 0.1) is 16.9 Å². The van der Waals surface area contributed by atoms with Crippen molar-refractivity contribution >= 4 is 17.3 Å². The molecule has 0 radical (unpaired) electrons. The van der Waals surface area contributed by atoms with Crippen molar-refractivity contribution in [2.75, 3.05) is 50.5 Å². The Kier molecular flexibility index (Phi) is 3.72. The molecule has 18 heavy (non-hydrogen) atoms. The van der Waals surface area contributed by atoms with E-state index in [9.17, 15) is 4.79 Å². The second-order valence-corrected chi connectivity index (χ2v) is 4.75. The van der Waals surface area contributed by atoms with Crippen LogP contribution in [0.25, 0.3) is 0 Å². The standard InChI is InChI=1S/C13H19N3O2/c1-15(2)7-8-16-6-5-14-11-4-3-10(13(17)18)9-12(11)16/h3-4,9,14H,5-8H2,1-2H3,(H,17,18). The number of benzene rings is 1. The summed E-state index contributed by atoms with van der Waals surface area (Å²) in [4.78, 5) is 15.4. The van der Waals surface area contributed by atoms with Gasteiger partial charge in [0, 0.05) is 26.2 Å². The van der Waals surface area contributed by atoms with Crippen molar-refractivity contribution in [3.63, 3.8) is 0 Å².